The molecule has 16 heavy (non-hydrogen) atoms. The lowest BCUT2D eigenvalue weighted by Gasteiger charge is -2.28. The van der Waals surface area contributed by atoms with Gasteiger partial charge in [-0.25, -0.2) is 0 Å². The van der Waals surface area contributed by atoms with Crippen LogP contribution in [-0.4, -0.2) is 22.8 Å². The van der Waals surface area contributed by atoms with Crippen molar-refractivity contribution in [1.29, 1.82) is 0 Å². The fourth-order valence-corrected chi connectivity index (χ4v) is 2.05. The van der Waals surface area contributed by atoms with Crippen LogP contribution in [0.1, 0.15) is 30.9 Å². The van der Waals surface area contributed by atoms with Gasteiger partial charge in [-0.1, -0.05) is 18.6 Å². The Kier molecular flexibility index (Phi) is 5.06. The summed E-state index contributed by atoms with van der Waals surface area (Å²) in [6.07, 6.45) is 2.92. The summed E-state index contributed by atoms with van der Waals surface area (Å²) in [4.78, 5) is 0. The van der Waals surface area contributed by atoms with Crippen molar-refractivity contribution in [2.75, 3.05) is 6.54 Å². The average Bonchev–Trinajstić information content (AvgIpc) is 2.30. The maximum Gasteiger partial charge on any atom is 0.115 e. The third kappa shape index (κ3) is 3.11. The van der Waals surface area contributed by atoms with Crippen LogP contribution in [0.3, 0.4) is 0 Å². The standard InChI is InChI=1S/C12H17NO2.ClH/c14-10-6-4-9(5-7-10)12(15)11-3-1-2-8-13-11;/h4-7,11-15H,1-3,8H2;1H. The Morgan fingerprint density at radius 3 is 2.44 bits per heavy atom. The van der Waals surface area contributed by atoms with Crippen molar-refractivity contribution in [3.8, 4) is 5.75 Å². The number of halogens is 1. The first-order valence-corrected chi connectivity index (χ1v) is 5.48. The molecule has 1 aromatic carbocycles. The zero-order chi connectivity index (χ0) is 10.7. The molecular weight excluding hydrogens is 226 g/mol. The van der Waals surface area contributed by atoms with E-state index in [-0.39, 0.29) is 24.2 Å². The number of benzene rings is 1. The van der Waals surface area contributed by atoms with E-state index in [2.05, 4.69) is 5.32 Å². The van der Waals surface area contributed by atoms with Crippen molar-refractivity contribution in [2.45, 2.75) is 31.4 Å². The molecule has 0 spiro atoms. The minimum atomic E-state index is -0.467. The molecule has 2 atom stereocenters. The summed E-state index contributed by atoms with van der Waals surface area (Å²) in [5, 5.41) is 22.6. The van der Waals surface area contributed by atoms with Crippen LogP contribution in [0.2, 0.25) is 0 Å². The molecule has 1 aromatic rings. The molecule has 0 saturated carbocycles. The van der Waals surface area contributed by atoms with Gasteiger partial charge in [-0.3, -0.25) is 0 Å². The summed E-state index contributed by atoms with van der Waals surface area (Å²) < 4.78 is 0. The summed E-state index contributed by atoms with van der Waals surface area (Å²) >= 11 is 0. The van der Waals surface area contributed by atoms with E-state index in [4.69, 9.17) is 5.11 Å². The van der Waals surface area contributed by atoms with Crippen LogP contribution in [0.25, 0.3) is 0 Å². The number of aliphatic hydroxyl groups is 1. The second-order valence-electron chi connectivity index (χ2n) is 4.09. The summed E-state index contributed by atoms with van der Waals surface area (Å²) in [6.45, 7) is 0.986. The van der Waals surface area contributed by atoms with Gasteiger partial charge in [0.25, 0.3) is 0 Å². The van der Waals surface area contributed by atoms with E-state index < -0.39 is 6.10 Å². The van der Waals surface area contributed by atoms with Crippen molar-refractivity contribution >= 4 is 12.4 Å². The zero-order valence-electron chi connectivity index (χ0n) is 9.10. The predicted molar refractivity (Wildman–Crippen MR) is 66.0 cm³/mol. The highest BCUT2D eigenvalue weighted by Gasteiger charge is 2.22. The lowest BCUT2D eigenvalue weighted by molar-refractivity contribution is 0.114. The number of phenolic OH excluding ortho intramolecular Hbond substituents is 1. The largest absolute Gasteiger partial charge is 0.508 e. The van der Waals surface area contributed by atoms with Crippen LogP contribution < -0.4 is 5.32 Å². The quantitative estimate of drug-likeness (QED) is 0.745. The van der Waals surface area contributed by atoms with E-state index in [1.54, 1.807) is 24.3 Å². The van der Waals surface area contributed by atoms with Gasteiger partial charge in [0.1, 0.15) is 5.75 Å². The molecule has 3 nitrogen and oxygen atoms in total. The Morgan fingerprint density at radius 2 is 1.88 bits per heavy atom. The minimum absolute atomic E-state index is 0. The van der Waals surface area contributed by atoms with E-state index in [0.29, 0.717) is 0 Å². The lowest BCUT2D eigenvalue weighted by atomic mass is 9.95. The predicted octanol–water partition coefficient (Wildman–Crippen LogP) is 1.99. The third-order valence-electron chi connectivity index (χ3n) is 2.96. The molecule has 1 saturated heterocycles. The van der Waals surface area contributed by atoms with Gasteiger partial charge in [0.2, 0.25) is 0 Å². The monoisotopic (exact) mass is 243 g/mol. The van der Waals surface area contributed by atoms with Crippen LogP contribution in [-0.2, 0) is 0 Å². The number of aromatic hydroxyl groups is 1. The van der Waals surface area contributed by atoms with E-state index in [0.717, 1.165) is 18.5 Å². The van der Waals surface area contributed by atoms with E-state index in [1.807, 2.05) is 0 Å². The van der Waals surface area contributed by atoms with Crippen molar-refractivity contribution < 1.29 is 10.2 Å². The molecule has 0 amide bonds. The molecule has 4 heteroatoms. The summed E-state index contributed by atoms with van der Waals surface area (Å²) in [7, 11) is 0. The smallest absolute Gasteiger partial charge is 0.115 e. The molecule has 1 aliphatic heterocycles. The fraction of sp³-hybridized carbons (Fsp3) is 0.500. The van der Waals surface area contributed by atoms with Gasteiger partial charge in [0, 0.05) is 6.04 Å². The Balaban J connectivity index is 0.00000128. The van der Waals surface area contributed by atoms with Gasteiger partial charge in [-0.2, -0.15) is 0 Å². The van der Waals surface area contributed by atoms with E-state index in [1.165, 1.54) is 12.8 Å². The Morgan fingerprint density at radius 1 is 1.19 bits per heavy atom. The number of piperidine rings is 1. The van der Waals surface area contributed by atoms with E-state index >= 15 is 0 Å². The topological polar surface area (TPSA) is 52.5 Å². The molecule has 0 radical (unpaired) electrons. The second kappa shape index (κ2) is 6.09. The number of nitrogens with one attached hydrogen (secondary N) is 1. The van der Waals surface area contributed by atoms with Gasteiger partial charge in [0.15, 0.2) is 0 Å². The maximum absolute atomic E-state index is 10.1. The molecule has 3 N–H and O–H groups in total. The molecular formula is C12H18ClNO2. The number of hydrogen-bond donors (Lipinski definition) is 3. The van der Waals surface area contributed by atoms with Crippen LogP contribution in [0.5, 0.6) is 5.75 Å². The second-order valence-corrected chi connectivity index (χ2v) is 4.09. The Labute approximate surface area is 102 Å². The molecule has 1 heterocycles. The van der Waals surface area contributed by atoms with E-state index in [9.17, 15) is 5.11 Å². The van der Waals surface area contributed by atoms with Gasteiger partial charge in [0.05, 0.1) is 6.10 Å². The van der Waals surface area contributed by atoms with Crippen LogP contribution in [0, 0.1) is 0 Å². The first kappa shape index (κ1) is 13.3. The highest BCUT2D eigenvalue weighted by atomic mass is 35.5. The first-order chi connectivity index (χ1) is 7.27. The van der Waals surface area contributed by atoms with Gasteiger partial charge in [-0.05, 0) is 37.1 Å². The van der Waals surface area contributed by atoms with Crippen molar-refractivity contribution in [1.82, 2.24) is 5.32 Å². The van der Waals surface area contributed by atoms with Crippen LogP contribution in [0.4, 0.5) is 0 Å². The number of aliphatic hydroxyl groups excluding tert-OH is 1. The van der Waals surface area contributed by atoms with Gasteiger partial charge in [-0.15, -0.1) is 12.4 Å². The molecule has 1 fully saturated rings. The summed E-state index contributed by atoms with van der Waals surface area (Å²) in [5.74, 6) is 0.238. The van der Waals surface area contributed by atoms with Crippen LogP contribution in [0.15, 0.2) is 24.3 Å². The minimum Gasteiger partial charge on any atom is -0.508 e. The highest BCUT2D eigenvalue weighted by molar-refractivity contribution is 5.85. The normalized spacial score (nSPS) is 22.2. The molecule has 0 bridgehead atoms. The SMILES string of the molecule is Cl.Oc1ccc(C(O)C2CCCCN2)cc1. The number of phenols is 1. The molecule has 0 aliphatic carbocycles. The zero-order valence-corrected chi connectivity index (χ0v) is 9.91. The van der Waals surface area contributed by atoms with Crippen molar-refractivity contribution in [3.05, 3.63) is 29.8 Å². The molecule has 1 aliphatic rings. The third-order valence-corrected chi connectivity index (χ3v) is 2.96. The van der Waals surface area contributed by atoms with Gasteiger partial charge < -0.3 is 15.5 Å². The lowest BCUT2D eigenvalue weighted by Crippen LogP contribution is -2.38. The number of hydrogen-bond acceptors (Lipinski definition) is 3. The molecule has 2 unspecified atom stereocenters. The molecule has 90 valence electrons. The highest BCUT2D eigenvalue weighted by Crippen LogP contribution is 2.24. The van der Waals surface area contributed by atoms with Crippen molar-refractivity contribution in [3.63, 3.8) is 0 Å². The Hall–Kier alpha value is -0.770. The maximum atomic E-state index is 10.1. The number of rotatable bonds is 2. The first-order valence-electron chi connectivity index (χ1n) is 5.48. The average molecular weight is 244 g/mol. The summed E-state index contributed by atoms with van der Waals surface area (Å²) in [5.41, 5.74) is 0.868. The Bertz CT molecular complexity index is 309. The molecule has 2 rings (SSSR count). The molecule has 0 aromatic heterocycles. The van der Waals surface area contributed by atoms with Crippen molar-refractivity contribution in [2.24, 2.45) is 0 Å². The summed E-state index contributed by atoms with van der Waals surface area (Å²) in [6, 6.07) is 6.93. The van der Waals surface area contributed by atoms with Gasteiger partial charge >= 0.3 is 0 Å². The van der Waals surface area contributed by atoms with Crippen LogP contribution >= 0.6 is 12.4 Å². The fourth-order valence-electron chi connectivity index (χ4n) is 2.05.